The Bertz CT molecular complexity index is 1080. The van der Waals surface area contributed by atoms with Gasteiger partial charge in [-0.25, -0.2) is 4.98 Å². The lowest BCUT2D eigenvalue weighted by atomic mass is 9.99. The normalized spacial score (nSPS) is 16.7. The molecular weight excluding hydrogens is 366 g/mol. The maximum Gasteiger partial charge on any atom is 0.195 e. The summed E-state index contributed by atoms with van der Waals surface area (Å²) in [6.07, 6.45) is 8.47. The van der Waals surface area contributed by atoms with Gasteiger partial charge in [0.2, 0.25) is 0 Å². The van der Waals surface area contributed by atoms with Crippen LogP contribution in [0.2, 0.25) is 0 Å². The highest BCUT2D eigenvalue weighted by molar-refractivity contribution is 7.11. The van der Waals surface area contributed by atoms with Gasteiger partial charge in [0.1, 0.15) is 0 Å². The summed E-state index contributed by atoms with van der Waals surface area (Å²) in [7, 11) is 0. The predicted octanol–water partition coefficient (Wildman–Crippen LogP) is 5.36. The van der Waals surface area contributed by atoms with Crippen molar-refractivity contribution in [2.75, 3.05) is 5.32 Å². The fraction of sp³-hybridized carbons (Fsp3) is 0.261. The van der Waals surface area contributed by atoms with Gasteiger partial charge in [-0.1, -0.05) is 25.0 Å². The fourth-order valence-corrected chi connectivity index (χ4v) is 5.16. The lowest BCUT2D eigenvalue weighted by Crippen LogP contribution is -2.14. The van der Waals surface area contributed by atoms with Crippen molar-refractivity contribution in [3.63, 3.8) is 0 Å². The number of aryl methyl sites for hydroxylation is 1. The molecule has 140 valence electrons. The summed E-state index contributed by atoms with van der Waals surface area (Å²) in [6.45, 7) is 2.00. The van der Waals surface area contributed by atoms with Gasteiger partial charge in [-0.3, -0.25) is 9.78 Å². The molecule has 1 N–H and O–H groups in total. The highest BCUT2D eigenvalue weighted by Gasteiger charge is 2.33. The second-order valence-electron chi connectivity index (χ2n) is 7.47. The summed E-state index contributed by atoms with van der Waals surface area (Å²) in [5.74, 6) is 0.0703. The Hall–Kier alpha value is -2.79. The van der Waals surface area contributed by atoms with E-state index in [4.69, 9.17) is 0 Å². The minimum Gasteiger partial charge on any atom is -0.382 e. The molecule has 0 unspecified atom stereocenters. The molecule has 5 heteroatoms. The third kappa shape index (κ3) is 2.87. The Balaban J connectivity index is 1.63. The van der Waals surface area contributed by atoms with E-state index >= 15 is 0 Å². The molecule has 2 aliphatic rings. The zero-order valence-electron chi connectivity index (χ0n) is 15.7. The quantitative estimate of drug-likeness (QED) is 0.655. The molecule has 3 aromatic rings. The van der Waals surface area contributed by atoms with Crippen LogP contribution in [0.4, 0.5) is 5.69 Å². The van der Waals surface area contributed by atoms with Crippen LogP contribution >= 0.6 is 11.3 Å². The van der Waals surface area contributed by atoms with E-state index in [2.05, 4.69) is 27.4 Å². The number of nitrogens with one attached hydrogen (secondary N) is 1. The molecule has 0 aliphatic heterocycles. The van der Waals surface area contributed by atoms with Crippen LogP contribution in [0, 0.1) is 6.92 Å². The van der Waals surface area contributed by atoms with E-state index in [0.29, 0.717) is 6.04 Å². The lowest BCUT2D eigenvalue weighted by molar-refractivity contribution is 0.105. The Morgan fingerprint density at radius 1 is 1.11 bits per heavy atom. The smallest absolute Gasteiger partial charge is 0.195 e. The molecule has 28 heavy (non-hydrogen) atoms. The number of aromatic nitrogens is 2. The molecule has 1 fully saturated rings. The molecule has 0 amide bonds. The number of hydrogen-bond donors (Lipinski definition) is 1. The van der Waals surface area contributed by atoms with E-state index in [-0.39, 0.29) is 5.78 Å². The van der Waals surface area contributed by atoms with Crippen molar-refractivity contribution in [1.82, 2.24) is 9.97 Å². The summed E-state index contributed by atoms with van der Waals surface area (Å²) in [4.78, 5) is 23.2. The molecule has 2 aromatic heterocycles. The molecule has 0 bridgehead atoms. The van der Waals surface area contributed by atoms with E-state index in [9.17, 15) is 4.79 Å². The number of carbonyl (C=O) groups excluding carboxylic acids is 1. The van der Waals surface area contributed by atoms with Crippen molar-refractivity contribution in [3.8, 4) is 0 Å². The van der Waals surface area contributed by atoms with Gasteiger partial charge in [-0.05, 0) is 43.5 Å². The molecule has 0 radical (unpaired) electrons. The third-order valence-electron chi connectivity index (χ3n) is 5.66. The summed E-state index contributed by atoms with van der Waals surface area (Å²) >= 11 is 1.58. The number of rotatable bonds is 4. The van der Waals surface area contributed by atoms with E-state index < -0.39 is 0 Å². The summed E-state index contributed by atoms with van der Waals surface area (Å²) in [6, 6.07) is 10.6. The van der Waals surface area contributed by atoms with Gasteiger partial charge in [0.25, 0.3) is 0 Å². The number of benzene rings is 1. The van der Waals surface area contributed by atoms with Gasteiger partial charge in [-0.2, -0.15) is 0 Å². The van der Waals surface area contributed by atoms with Crippen molar-refractivity contribution >= 4 is 34.0 Å². The Morgan fingerprint density at radius 2 is 1.96 bits per heavy atom. The van der Waals surface area contributed by atoms with Crippen LogP contribution in [0.3, 0.4) is 0 Å². The Morgan fingerprint density at radius 3 is 2.68 bits per heavy atom. The van der Waals surface area contributed by atoms with Gasteiger partial charge >= 0.3 is 0 Å². The van der Waals surface area contributed by atoms with Gasteiger partial charge < -0.3 is 5.32 Å². The SMILES string of the molecule is Cc1ncsc1C1=C(c2cccnc2)C(=O)c2cc(NC3CCCC3)ccc21. The van der Waals surface area contributed by atoms with Crippen LogP contribution in [0.5, 0.6) is 0 Å². The molecule has 0 saturated heterocycles. The highest BCUT2D eigenvalue weighted by atomic mass is 32.1. The maximum absolute atomic E-state index is 13.5. The Kier molecular flexibility index (Phi) is 4.32. The van der Waals surface area contributed by atoms with Gasteiger partial charge in [0, 0.05) is 46.4 Å². The van der Waals surface area contributed by atoms with E-state index in [1.54, 1.807) is 23.7 Å². The average Bonchev–Trinajstić information content (AvgIpc) is 3.43. The number of thiazole rings is 1. The largest absolute Gasteiger partial charge is 0.382 e. The highest BCUT2D eigenvalue weighted by Crippen LogP contribution is 2.45. The Labute approximate surface area is 168 Å². The van der Waals surface area contributed by atoms with Crippen molar-refractivity contribution in [2.24, 2.45) is 0 Å². The molecule has 1 saturated carbocycles. The first-order valence-corrected chi connectivity index (χ1v) is 10.6. The zero-order valence-corrected chi connectivity index (χ0v) is 16.6. The number of Topliss-reactive ketones (excluding diaryl/α,β-unsaturated/α-hetero) is 1. The number of carbonyl (C=O) groups is 1. The lowest BCUT2D eigenvalue weighted by Gasteiger charge is -2.14. The number of hydrogen-bond acceptors (Lipinski definition) is 5. The van der Waals surface area contributed by atoms with Crippen LogP contribution in [-0.4, -0.2) is 21.8 Å². The summed E-state index contributed by atoms with van der Waals surface area (Å²) in [5.41, 5.74) is 8.17. The summed E-state index contributed by atoms with van der Waals surface area (Å²) < 4.78 is 0. The number of pyridine rings is 1. The van der Waals surface area contributed by atoms with Crippen molar-refractivity contribution in [1.29, 1.82) is 0 Å². The topological polar surface area (TPSA) is 54.9 Å². The monoisotopic (exact) mass is 387 g/mol. The molecule has 5 rings (SSSR count). The number of ketones is 1. The molecule has 2 heterocycles. The molecular formula is C23H21N3OS. The first kappa shape index (κ1) is 17.3. The van der Waals surface area contributed by atoms with Crippen LogP contribution < -0.4 is 5.32 Å². The minimum absolute atomic E-state index is 0.0703. The minimum atomic E-state index is 0.0703. The number of allylic oxidation sites excluding steroid dienone is 1. The second kappa shape index (κ2) is 6.99. The first-order valence-electron chi connectivity index (χ1n) is 9.73. The van der Waals surface area contributed by atoms with E-state index in [0.717, 1.165) is 44.1 Å². The first-order chi connectivity index (χ1) is 13.7. The maximum atomic E-state index is 13.5. The van der Waals surface area contributed by atoms with Crippen molar-refractivity contribution < 1.29 is 4.79 Å². The van der Waals surface area contributed by atoms with Gasteiger partial charge in [-0.15, -0.1) is 11.3 Å². The fourth-order valence-electron chi connectivity index (χ4n) is 4.29. The summed E-state index contributed by atoms with van der Waals surface area (Å²) in [5, 5.41) is 3.61. The van der Waals surface area contributed by atoms with Gasteiger partial charge in [0.05, 0.1) is 16.1 Å². The number of nitrogens with zero attached hydrogens (tertiary/aromatic N) is 2. The van der Waals surface area contributed by atoms with Crippen molar-refractivity contribution in [3.05, 3.63) is 75.5 Å². The number of fused-ring (bicyclic) bond motifs is 1. The van der Waals surface area contributed by atoms with E-state index in [1.165, 1.54) is 25.7 Å². The van der Waals surface area contributed by atoms with Crippen LogP contribution in [0.25, 0.3) is 11.1 Å². The van der Waals surface area contributed by atoms with E-state index in [1.807, 2.05) is 30.6 Å². The molecule has 0 atom stereocenters. The zero-order chi connectivity index (χ0) is 19.1. The third-order valence-corrected chi connectivity index (χ3v) is 6.61. The molecule has 2 aliphatic carbocycles. The van der Waals surface area contributed by atoms with Crippen molar-refractivity contribution in [2.45, 2.75) is 38.6 Å². The standard InChI is InChI=1S/C23H21N3OS/c1-14-23(28-13-25-14)21-18-9-8-17(26-16-6-2-3-7-16)11-19(18)22(27)20(21)15-5-4-10-24-12-15/h4-5,8-13,16,26H,2-3,6-7H2,1H3. The van der Waals surface area contributed by atoms with Crippen LogP contribution in [-0.2, 0) is 0 Å². The van der Waals surface area contributed by atoms with Crippen LogP contribution in [0.1, 0.15) is 57.7 Å². The average molecular weight is 388 g/mol. The molecule has 0 spiro atoms. The second-order valence-corrected chi connectivity index (χ2v) is 8.33. The molecule has 4 nitrogen and oxygen atoms in total. The number of anilines is 1. The molecule has 1 aromatic carbocycles. The van der Waals surface area contributed by atoms with Gasteiger partial charge in [0.15, 0.2) is 5.78 Å². The van der Waals surface area contributed by atoms with Crippen LogP contribution in [0.15, 0.2) is 48.2 Å². The predicted molar refractivity (Wildman–Crippen MR) is 114 cm³/mol.